The fraction of sp³-hybridized carbons (Fsp3) is 1.00. The minimum atomic E-state index is 0.371. The van der Waals surface area contributed by atoms with Gasteiger partial charge < -0.3 is 15.0 Å². The first-order valence-corrected chi connectivity index (χ1v) is 6.51. The van der Waals surface area contributed by atoms with Crippen molar-refractivity contribution in [2.75, 3.05) is 59.5 Å². The fourth-order valence-corrected chi connectivity index (χ4v) is 2.16. The molecule has 0 spiro atoms. The maximum atomic E-state index is 5.69. The quantitative estimate of drug-likeness (QED) is 0.677. The van der Waals surface area contributed by atoms with Crippen LogP contribution < -0.4 is 5.32 Å². The predicted molar refractivity (Wildman–Crippen MR) is 67.9 cm³/mol. The lowest BCUT2D eigenvalue weighted by Crippen LogP contribution is -2.48. The van der Waals surface area contributed by atoms with E-state index in [1.54, 1.807) is 0 Å². The van der Waals surface area contributed by atoms with Crippen LogP contribution in [-0.2, 0) is 4.74 Å². The predicted octanol–water partition coefficient (Wildman–Crippen LogP) is 0.248. The highest BCUT2D eigenvalue weighted by molar-refractivity contribution is 4.73. The van der Waals surface area contributed by atoms with E-state index in [0.717, 1.165) is 39.3 Å². The molecule has 1 fully saturated rings. The molecule has 0 aromatic rings. The number of hydrogen-bond donors (Lipinski definition) is 1. The molecule has 0 aromatic carbocycles. The van der Waals surface area contributed by atoms with Crippen LogP contribution in [0, 0.1) is 0 Å². The summed E-state index contributed by atoms with van der Waals surface area (Å²) in [5.41, 5.74) is 0. The molecule has 1 rings (SSSR count). The van der Waals surface area contributed by atoms with Crippen molar-refractivity contribution in [2.45, 2.75) is 20.0 Å². The molecule has 1 aliphatic heterocycles. The van der Waals surface area contributed by atoms with Crippen molar-refractivity contribution in [1.29, 1.82) is 0 Å². The molecule has 1 atom stereocenters. The summed E-state index contributed by atoms with van der Waals surface area (Å²) in [6, 6.07) is 0. The summed E-state index contributed by atoms with van der Waals surface area (Å²) in [4.78, 5) is 4.99. The van der Waals surface area contributed by atoms with Gasteiger partial charge in [-0.25, -0.2) is 0 Å². The van der Waals surface area contributed by atoms with Gasteiger partial charge >= 0.3 is 0 Å². The van der Waals surface area contributed by atoms with Crippen LogP contribution in [0.25, 0.3) is 0 Å². The Kier molecular flexibility index (Phi) is 6.96. The average molecular weight is 229 g/mol. The molecule has 16 heavy (non-hydrogen) atoms. The number of nitrogens with zero attached hydrogens (tertiary/aromatic N) is 2. The zero-order chi connectivity index (χ0) is 11.8. The molecule has 1 heterocycles. The Morgan fingerprint density at radius 1 is 1.38 bits per heavy atom. The number of ether oxygens (including phenoxy) is 1. The van der Waals surface area contributed by atoms with Crippen molar-refractivity contribution in [1.82, 2.24) is 15.1 Å². The van der Waals surface area contributed by atoms with Crippen LogP contribution in [0.15, 0.2) is 0 Å². The van der Waals surface area contributed by atoms with E-state index < -0.39 is 0 Å². The van der Waals surface area contributed by atoms with Gasteiger partial charge in [-0.05, 0) is 20.1 Å². The van der Waals surface area contributed by atoms with Gasteiger partial charge in [0.1, 0.15) is 0 Å². The summed E-state index contributed by atoms with van der Waals surface area (Å²) in [7, 11) is 1.98. The van der Waals surface area contributed by atoms with E-state index in [4.69, 9.17) is 4.74 Å². The monoisotopic (exact) mass is 229 g/mol. The smallest absolute Gasteiger partial charge is 0.0826 e. The number of likely N-dealkylation sites (N-methyl/N-ethyl adjacent to an activating group) is 2. The Balaban J connectivity index is 2.20. The first kappa shape index (κ1) is 13.9. The third kappa shape index (κ3) is 4.78. The second-order valence-electron chi connectivity index (χ2n) is 4.38. The van der Waals surface area contributed by atoms with Gasteiger partial charge in [0.2, 0.25) is 0 Å². The number of hydrogen-bond acceptors (Lipinski definition) is 4. The Hall–Kier alpha value is -0.160. The second kappa shape index (κ2) is 8.01. The molecule has 1 saturated heterocycles. The molecular weight excluding hydrogens is 202 g/mol. The third-order valence-corrected chi connectivity index (χ3v) is 3.28. The van der Waals surface area contributed by atoms with Gasteiger partial charge in [0.25, 0.3) is 0 Å². The SMILES string of the molecule is CCN(CC)CCN1CCOC(CNC)C1. The Labute approximate surface area is 99.9 Å². The molecule has 0 aliphatic carbocycles. The van der Waals surface area contributed by atoms with Crippen molar-refractivity contribution in [3.63, 3.8) is 0 Å². The summed E-state index contributed by atoms with van der Waals surface area (Å²) in [5, 5.41) is 3.18. The molecule has 1 unspecified atom stereocenters. The van der Waals surface area contributed by atoms with Gasteiger partial charge in [0.15, 0.2) is 0 Å². The zero-order valence-electron chi connectivity index (χ0n) is 11.0. The number of morpholine rings is 1. The Morgan fingerprint density at radius 3 is 2.75 bits per heavy atom. The van der Waals surface area contributed by atoms with Crippen molar-refractivity contribution in [3.05, 3.63) is 0 Å². The summed E-state index contributed by atoms with van der Waals surface area (Å²) in [6.45, 7) is 13.1. The van der Waals surface area contributed by atoms with Gasteiger partial charge in [-0.15, -0.1) is 0 Å². The summed E-state index contributed by atoms with van der Waals surface area (Å²) in [5.74, 6) is 0. The van der Waals surface area contributed by atoms with E-state index >= 15 is 0 Å². The first-order valence-electron chi connectivity index (χ1n) is 6.51. The number of rotatable bonds is 7. The van der Waals surface area contributed by atoms with Crippen molar-refractivity contribution < 1.29 is 4.74 Å². The third-order valence-electron chi connectivity index (χ3n) is 3.28. The zero-order valence-corrected chi connectivity index (χ0v) is 11.0. The van der Waals surface area contributed by atoms with Gasteiger partial charge in [0.05, 0.1) is 12.7 Å². The summed E-state index contributed by atoms with van der Waals surface area (Å²) >= 11 is 0. The molecule has 1 aliphatic rings. The average Bonchev–Trinajstić information content (AvgIpc) is 2.31. The van der Waals surface area contributed by atoms with Crippen LogP contribution in [0.5, 0.6) is 0 Å². The van der Waals surface area contributed by atoms with Gasteiger partial charge in [-0.1, -0.05) is 13.8 Å². The van der Waals surface area contributed by atoms with Crippen LogP contribution in [0.2, 0.25) is 0 Å². The maximum absolute atomic E-state index is 5.69. The molecule has 0 saturated carbocycles. The molecular formula is C12H27N3O. The molecule has 4 heteroatoms. The first-order chi connectivity index (χ1) is 7.80. The van der Waals surface area contributed by atoms with Gasteiger partial charge in [0, 0.05) is 32.7 Å². The van der Waals surface area contributed by atoms with E-state index in [2.05, 4.69) is 29.0 Å². The maximum Gasteiger partial charge on any atom is 0.0826 e. The molecule has 1 N–H and O–H groups in total. The lowest BCUT2D eigenvalue weighted by atomic mass is 10.2. The lowest BCUT2D eigenvalue weighted by molar-refractivity contribution is -0.0282. The van der Waals surface area contributed by atoms with Crippen molar-refractivity contribution in [2.24, 2.45) is 0 Å². The highest BCUT2D eigenvalue weighted by Crippen LogP contribution is 2.04. The summed E-state index contributed by atoms with van der Waals surface area (Å²) in [6.07, 6.45) is 0.371. The van der Waals surface area contributed by atoms with E-state index in [1.165, 1.54) is 13.1 Å². The van der Waals surface area contributed by atoms with Crippen LogP contribution in [-0.4, -0.2) is 75.4 Å². The molecule has 0 radical (unpaired) electrons. The van der Waals surface area contributed by atoms with Crippen molar-refractivity contribution in [3.8, 4) is 0 Å². The van der Waals surface area contributed by atoms with Crippen LogP contribution in [0.1, 0.15) is 13.8 Å². The van der Waals surface area contributed by atoms with Crippen LogP contribution in [0.4, 0.5) is 0 Å². The Bertz CT molecular complexity index is 172. The van der Waals surface area contributed by atoms with Crippen LogP contribution >= 0.6 is 0 Å². The fourth-order valence-electron chi connectivity index (χ4n) is 2.16. The van der Waals surface area contributed by atoms with E-state index in [1.807, 2.05) is 7.05 Å². The molecule has 96 valence electrons. The summed E-state index contributed by atoms with van der Waals surface area (Å²) < 4.78 is 5.69. The highest BCUT2D eigenvalue weighted by Gasteiger charge is 2.19. The number of nitrogens with one attached hydrogen (secondary N) is 1. The van der Waals surface area contributed by atoms with Crippen LogP contribution in [0.3, 0.4) is 0 Å². The lowest BCUT2D eigenvalue weighted by Gasteiger charge is -2.34. The van der Waals surface area contributed by atoms with E-state index in [9.17, 15) is 0 Å². The standard InChI is InChI=1S/C12H27N3O/c1-4-14(5-2)6-7-15-8-9-16-12(11-15)10-13-3/h12-13H,4-11H2,1-3H3. The van der Waals surface area contributed by atoms with E-state index in [-0.39, 0.29) is 0 Å². The molecule has 0 aromatic heterocycles. The largest absolute Gasteiger partial charge is 0.374 e. The van der Waals surface area contributed by atoms with Crippen molar-refractivity contribution >= 4 is 0 Å². The molecule has 0 amide bonds. The molecule has 4 nitrogen and oxygen atoms in total. The second-order valence-corrected chi connectivity index (χ2v) is 4.38. The normalized spacial score (nSPS) is 22.9. The van der Waals surface area contributed by atoms with E-state index in [0.29, 0.717) is 6.10 Å². The minimum absolute atomic E-state index is 0.371. The van der Waals surface area contributed by atoms with Gasteiger partial charge in [-0.3, -0.25) is 4.90 Å². The minimum Gasteiger partial charge on any atom is -0.374 e. The Morgan fingerprint density at radius 2 is 2.12 bits per heavy atom. The van der Waals surface area contributed by atoms with Gasteiger partial charge in [-0.2, -0.15) is 0 Å². The molecule has 0 bridgehead atoms. The topological polar surface area (TPSA) is 27.7 Å². The highest BCUT2D eigenvalue weighted by atomic mass is 16.5.